The Bertz CT molecular complexity index is 456. The monoisotopic (exact) mass is 325 g/mol. The zero-order chi connectivity index (χ0) is 15.2. The summed E-state index contributed by atoms with van der Waals surface area (Å²) in [6.07, 6.45) is 6.99. The van der Waals surface area contributed by atoms with Gasteiger partial charge in [-0.2, -0.15) is 0 Å². The first kappa shape index (κ1) is 16.7. The number of carbonyl (C=O) groups excluding carboxylic acids is 1. The highest BCUT2D eigenvalue weighted by atomic mass is 35.5. The fraction of sp³-hybridized carbons (Fsp3) is 0.588. The predicted molar refractivity (Wildman–Crippen MR) is 91.0 cm³/mol. The highest BCUT2D eigenvalue weighted by molar-refractivity contribution is 8.00. The van der Waals surface area contributed by atoms with Gasteiger partial charge in [-0.05, 0) is 43.5 Å². The van der Waals surface area contributed by atoms with Crippen LogP contribution in [0.25, 0.3) is 0 Å². The second-order valence-corrected chi connectivity index (χ2v) is 7.42. The van der Waals surface area contributed by atoms with Crippen LogP contribution in [-0.4, -0.2) is 29.1 Å². The minimum Gasteiger partial charge on any atom is -0.342 e. The molecule has 1 aliphatic carbocycles. The van der Waals surface area contributed by atoms with Crippen molar-refractivity contribution in [1.29, 1.82) is 0 Å². The lowest BCUT2D eigenvalue weighted by Crippen LogP contribution is -2.42. The van der Waals surface area contributed by atoms with E-state index in [0.717, 1.165) is 29.2 Å². The summed E-state index contributed by atoms with van der Waals surface area (Å²) in [4.78, 5) is 15.8. The normalized spacial score (nSPS) is 17.5. The van der Waals surface area contributed by atoms with E-state index >= 15 is 0 Å². The quantitative estimate of drug-likeness (QED) is 0.710. The molecule has 0 radical (unpaired) electrons. The maximum Gasteiger partial charge on any atom is 0.236 e. The van der Waals surface area contributed by atoms with Gasteiger partial charge in [0.05, 0.1) is 5.25 Å². The van der Waals surface area contributed by atoms with Gasteiger partial charge in [-0.15, -0.1) is 11.8 Å². The molecule has 0 heterocycles. The lowest BCUT2D eigenvalue weighted by Gasteiger charge is -2.33. The molecular weight excluding hydrogens is 302 g/mol. The van der Waals surface area contributed by atoms with Crippen LogP contribution in [0, 0.1) is 0 Å². The van der Waals surface area contributed by atoms with Gasteiger partial charge in [0.15, 0.2) is 0 Å². The molecule has 4 heteroatoms. The van der Waals surface area contributed by atoms with Gasteiger partial charge in [0.2, 0.25) is 5.91 Å². The number of nitrogens with zero attached hydrogens (tertiary/aromatic N) is 1. The van der Waals surface area contributed by atoms with Gasteiger partial charge in [0, 0.05) is 23.0 Å². The zero-order valence-corrected chi connectivity index (χ0v) is 14.4. The van der Waals surface area contributed by atoms with Gasteiger partial charge in [0.25, 0.3) is 0 Å². The lowest BCUT2D eigenvalue weighted by atomic mass is 9.94. The first-order chi connectivity index (χ1) is 10.1. The van der Waals surface area contributed by atoms with Crippen LogP contribution in [0.3, 0.4) is 0 Å². The second-order valence-electron chi connectivity index (χ2n) is 5.71. The fourth-order valence-corrected chi connectivity index (χ4v) is 4.04. The summed E-state index contributed by atoms with van der Waals surface area (Å²) >= 11 is 7.56. The molecule has 116 valence electrons. The van der Waals surface area contributed by atoms with Crippen LogP contribution in [0.2, 0.25) is 5.02 Å². The minimum absolute atomic E-state index is 0.00176. The van der Waals surface area contributed by atoms with Crippen LogP contribution in [0.1, 0.15) is 45.4 Å². The molecule has 1 saturated carbocycles. The van der Waals surface area contributed by atoms with E-state index in [9.17, 15) is 4.79 Å². The molecule has 1 atom stereocenters. The van der Waals surface area contributed by atoms with Gasteiger partial charge >= 0.3 is 0 Å². The summed E-state index contributed by atoms with van der Waals surface area (Å²) in [5, 5.41) is 0.733. The van der Waals surface area contributed by atoms with Crippen molar-refractivity contribution >= 4 is 29.3 Å². The molecule has 0 saturated heterocycles. The van der Waals surface area contributed by atoms with Crippen molar-refractivity contribution in [2.75, 3.05) is 7.05 Å². The smallest absolute Gasteiger partial charge is 0.236 e. The van der Waals surface area contributed by atoms with E-state index in [1.54, 1.807) is 11.8 Å². The highest BCUT2D eigenvalue weighted by Gasteiger charge is 2.27. The molecule has 0 bridgehead atoms. The summed E-state index contributed by atoms with van der Waals surface area (Å²) in [6.45, 7) is 2.08. The molecule has 1 aromatic carbocycles. The number of carbonyl (C=O) groups is 1. The Labute approximate surface area is 137 Å². The first-order valence-corrected chi connectivity index (χ1v) is 9.06. The standard InChI is InChI=1S/C17H24ClNOS/c1-3-16(21-15-11-9-13(18)10-12-15)17(20)19(2)14-7-5-4-6-8-14/h9-12,14,16H,3-8H2,1-2H3. The highest BCUT2D eigenvalue weighted by Crippen LogP contribution is 2.30. The van der Waals surface area contributed by atoms with E-state index in [0.29, 0.717) is 6.04 Å². The third-order valence-corrected chi connectivity index (χ3v) is 5.82. The molecule has 2 rings (SSSR count). The Hall–Kier alpha value is -0.670. The molecule has 1 amide bonds. The molecule has 1 aromatic rings. The van der Waals surface area contributed by atoms with Crippen molar-refractivity contribution in [1.82, 2.24) is 4.90 Å². The van der Waals surface area contributed by atoms with Crippen molar-refractivity contribution in [3.63, 3.8) is 0 Å². The number of halogens is 1. The van der Waals surface area contributed by atoms with Crippen molar-refractivity contribution in [2.24, 2.45) is 0 Å². The molecular formula is C17H24ClNOS. The predicted octanol–water partition coefficient (Wildman–Crippen LogP) is 5.00. The van der Waals surface area contributed by atoms with E-state index in [4.69, 9.17) is 11.6 Å². The summed E-state index contributed by atoms with van der Waals surface area (Å²) < 4.78 is 0. The summed E-state index contributed by atoms with van der Waals surface area (Å²) in [7, 11) is 1.98. The van der Waals surface area contributed by atoms with Gasteiger partial charge in [0.1, 0.15) is 0 Å². The van der Waals surface area contributed by atoms with E-state index in [-0.39, 0.29) is 11.2 Å². The fourth-order valence-electron chi connectivity index (χ4n) is 2.86. The van der Waals surface area contributed by atoms with Gasteiger partial charge in [-0.1, -0.05) is 37.8 Å². The van der Waals surface area contributed by atoms with Crippen molar-refractivity contribution in [3.05, 3.63) is 29.3 Å². The third-order valence-electron chi connectivity index (χ3n) is 4.21. The molecule has 2 nitrogen and oxygen atoms in total. The molecule has 0 aliphatic heterocycles. The molecule has 0 N–H and O–H groups in total. The van der Waals surface area contributed by atoms with Crippen LogP contribution >= 0.6 is 23.4 Å². The Morgan fingerprint density at radius 3 is 2.48 bits per heavy atom. The average molecular weight is 326 g/mol. The number of thioether (sulfide) groups is 1. The van der Waals surface area contributed by atoms with Crippen LogP contribution in [0.5, 0.6) is 0 Å². The van der Waals surface area contributed by atoms with Crippen molar-refractivity contribution in [2.45, 2.75) is 61.6 Å². The van der Waals surface area contributed by atoms with Crippen molar-refractivity contribution < 1.29 is 4.79 Å². The van der Waals surface area contributed by atoms with E-state index in [1.165, 1.54) is 19.3 Å². The number of benzene rings is 1. The zero-order valence-electron chi connectivity index (χ0n) is 12.8. The van der Waals surface area contributed by atoms with Crippen LogP contribution < -0.4 is 0 Å². The molecule has 1 fully saturated rings. The van der Waals surface area contributed by atoms with Crippen molar-refractivity contribution in [3.8, 4) is 0 Å². The van der Waals surface area contributed by atoms with Crippen LogP contribution in [-0.2, 0) is 4.79 Å². The van der Waals surface area contributed by atoms with Crippen LogP contribution in [0.15, 0.2) is 29.2 Å². The number of hydrogen-bond donors (Lipinski definition) is 0. The Morgan fingerprint density at radius 2 is 1.90 bits per heavy atom. The van der Waals surface area contributed by atoms with E-state index in [2.05, 4.69) is 6.92 Å². The number of amides is 1. The Kier molecular flexibility index (Phi) is 6.43. The molecule has 1 aliphatic rings. The largest absolute Gasteiger partial charge is 0.342 e. The molecule has 21 heavy (non-hydrogen) atoms. The number of hydrogen-bond acceptors (Lipinski definition) is 2. The van der Waals surface area contributed by atoms with E-state index in [1.807, 2.05) is 36.2 Å². The first-order valence-electron chi connectivity index (χ1n) is 7.80. The lowest BCUT2D eigenvalue weighted by molar-refractivity contribution is -0.132. The minimum atomic E-state index is -0.00176. The SMILES string of the molecule is CCC(Sc1ccc(Cl)cc1)C(=O)N(C)C1CCCCC1. The summed E-state index contributed by atoms with van der Waals surface area (Å²) in [6, 6.07) is 8.18. The molecule has 0 aromatic heterocycles. The summed E-state index contributed by atoms with van der Waals surface area (Å²) in [5.74, 6) is 0.268. The van der Waals surface area contributed by atoms with Gasteiger partial charge in [-0.3, -0.25) is 4.79 Å². The molecule has 1 unspecified atom stereocenters. The maximum atomic E-state index is 12.7. The van der Waals surface area contributed by atoms with E-state index < -0.39 is 0 Å². The number of rotatable bonds is 5. The van der Waals surface area contributed by atoms with Gasteiger partial charge in [-0.25, -0.2) is 0 Å². The molecule has 0 spiro atoms. The van der Waals surface area contributed by atoms with Crippen LogP contribution in [0.4, 0.5) is 0 Å². The average Bonchev–Trinajstić information content (AvgIpc) is 2.54. The third kappa shape index (κ3) is 4.65. The van der Waals surface area contributed by atoms with Gasteiger partial charge < -0.3 is 4.90 Å². The Balaban J connectivity index is 1.98. The Morgan fingerprint density at radius 1 is 1.29 bits per heavy atom. The second kappa shape index (κ2) is 8.09. The topological polar surface area (TPSA) is 20.3 Å². The summed E-state index contributed by atoms with van der Waals surface area (Å²) in [5.41, 5.74) is 0. The maximum absolute atomic E-state index is 12.7.